The zero-order chi connectivity index (χ0) is 65.1. The van der Waals surface area contributed by atoms with Crippen LogP contribution in [0, 0.1) is 3.57 Å². The number of nitrogens with one attached hydrogen (secondary N) is 6. The summed E-state index contributed by atoms with van der Waals surface area (Å²) < 4.78 is 18.2. The first-order chi connectivity index (χ1) is 41.8. The van der Waals surface area contributed by atoms with E-state index in [4.69, 9.17) is 60.6 Å². The van der Waals surface area contributed by atoms with Gasteiger partial charge in [0, 0.05) is 13.5 Å². The van der Waals surface area contributed by atoms with Crippen LogP contribution in [0.1, 0.15) is 78.3 Å². The summed E-state index contributed by atoms with van der Waals surface area (Å²) in [6.07, 6.45) is 0.362. The maximum Gasteiger partial charge on any atom is 0.250 e. The third-order valence-electron chi connectivity index (χ3n) is 14.4. The Morgan fingerprint density at radius 1 is 0.764 bits per heavy atom. The molecule has 0 radical (unpaired) electrons. The summed E-state index contributed by atoms with van der Waals surface area (Å²) in [5.74, 6) is -7.85. The number of phenols is 4. The van der Waals surface area contributed by atoms with Gasteiger partial charge >= 0.3 is 220 Å². The van der Waals surface area contributed by atoms with Crippen molar-refractivity contribution in [3.8, 4) is 34.5 Å². The molecule has 89 heavy (non-hydrogen) atoms. The van der Waals surface area contributed by atoms with E-state index in [0.717, 1.165) is 47.2 Å². The van der Waals surface area contributed by atoms with Gasteiger partial charge in [-0.05, 0) is 93.4 Å². The molecule has 4 bridgehead atoms. The summed E-state index contributed by atoms with van der Waals surface area (Å²) in [5, 5.41) is 55.8. The number of benzene rings is 6. The molecule has 10 N–H and O–H groups in total. The zero-order valence-electron chi connectivity index (χ0n) is 49.0. The second-order valence-corrected chi connectivity index (χ2v) is 40.2. The van der Waals surface area contributed by atoms with E-state index in [0.29, 0.717) is 11.1 Å². The van der Waals surface area contributed by atoms with Crippen LogP contribution in [0.3, 0.4) is 0 Å². The Bertz CT molecular complexity index is 3870. The maximum atomic E-state index is 15.6. The number of H-pyrrole nitrogens is 1. The second kappa shape index (κ2) is 27.8. The number of nitrogens with zero attached hydrogens (tertiary/aromatic N) is 1. The zero-order valence-corrected chi connectivity index (χ0v) is 57.0. The summed E-state index contributed by atoms with van der Waals surface area (Å²) in [6.45, 7) is 4.91. The quantitative estimate of drug-likeness (QED) is 0.0275. The van der Waals surface area contributed by atoms with Crippen molar-refractivity contribution in [2.45, 2.75) is 90.3 Å². The molecule has 0 aliphatic carbocycles. The molecule has 0 unspecified atom stereocenters. The van der Waals surface area contributed by atoms with E-state index in [2.05, 4.69) is 52.5 Å². The Kier molecular flexibility index (Phi) is 21.1. The minimum Gasteiger partial charge on any atom is -0.508 e. The number of alkyl carbamates (subject to hydrolysis) is 1. The summed E-state index contributed by atoms with van der Waals surface area (Å²) >= 11 is 25.0. The van der Waals surface area contributed by atoms with Gasteiger partial charge in [-0.3, -0.25) is 14.4 Å². The molecule has 0 saturated heterocycles. The van der Waals surface area contributed by atoms with E-state index in [9.17, 15) is 34.8 Å². The van der Waals surface area contributed by atoms with Gasteiger partial charge < -0.3 is 45.4 Å². The average molecular weight is 1520 g/mol. The number of halogens is 5. The number of amides is 6. The van der Waals surface area contributed by atoms with Crippen LogP contribution >= 0.6 is 69.0 Å². The summed E-state index contributed by atoms with van der Waals surface area (Å²) in [6, 6.07) is 14.4. The van der Waals surface area contributed by atoms with E-state index in [1.807, 2.05) is 12.1 Å². The summed E-state index contributed by atoms with van der Waals surface area (Å²) in [5.41, 5.74) is 0.775. The van der Waals surface area contributed by atoms with Crippen molar-refractivity contribution in [2.75, 3.05) is 14.2 Å². The number of esters is 1. The van der Waals surface area contributed by atoms with Crippen molar-refractivity contribution in [2.24, 2.45) is 0 Å². The van der Waals surface area contributed by atoms with Crippen LogP contribution in [0.4, 0.5) is 4.79 Å². The number of carbonyl (C=O) groups is 7. The van der Waals surface area contributed by atoms with Gasteiger partial charge in [-0.15, -0.1) is 0 Å². The molecule has 3 heterocycles. The molecule has 6 aromatic carbocycles. The number of ether oxygens (including phenoxy) is 3. The predicted octanol–water partition coefficient (Wildman–Crippen LogP) is 9.97. The van der Waals surface area contributed by atoms with Crippen LogP contribution in [-0.4, -0.2) is 122 Å². The first kappa shape index (κ1) is 67.6. The number of aromatic amines is 1. The molecule has 6 amide bonds. The van der Waals surface area contributed by atoms with Gasteiger partial charge in [0.1, 0.15) is 23.6 Å². The summed E-state index contributed by atoms with van der Waals surface area (Å²) in [7, 11) is 2.36. The number of aromatic hydroxyl groups is 4. The van der Waals surface area contributed by atoms with E-state index in [-0.39, 0.29) is 76.0 Å². The van der Waals surface area contributed by atoms with Gasteiger partial charge in [0.2, 0.25) is 17.7 Å². The average Bonchev–Trinajstić information content (AvgIpc) is 2.39. The topological polar surface area (TPSA) is 307 Å². The van der Waals surface area contributed by atoms with Crippen LogP contribution in [0.25, 0.3) is 10.9 Å². The van der Waals surface area contributed by atoms with Gasteiger partial charge in [0.25, 0.3) is 0 Å². The molecule has 9 rings (SSSR count). The van der Waals surface area contributed by atoms with Gasteiger partial charge in [-0.25, -0.2) is 4.79 Å². The largest absolute Gasteiger partial charge is 0.508 e. The molecule has 1 aromatic heterocycles. The third kappa shape index (κ3) is 16.0. The number of aromatic nitrogens is 1. The molecule has 468 valence electrons. The van der Waals surface area contributed by atoms with E-state index in [1.165, 1.54) is 59.2 Å². The molecule has 0 fully saturated rings. The Hall–Kier alpha value is -7.36. The van der Waals surface area contributed by atoms with Crippen LogP contribution < -0.4 is 34.9 Å². The van der Waals surface area contributed by atoms with Crippen molar-refractivity contribution in [3.63, 3.8) is 0 Å². The molecule has 21 nitrogen and oxygen atoms in total. The fourth-order valence-corrected chi connectivity index (χ4v) is 16.0. The third-order valence-corrected chi connectivity index (χ3v) is 22.2. The number of rotatable bonds is 14. The number of phenolic OH excluding ortho intramolecular Hbond substituents is 4. The number of fused-ring (bicyclic) bond motifs is 10. The van der Waals surface area contributed by atoms with Gasteiger partial charge in [-0.1, -0.05) is 70.7 Å². The molecular formula is C62H62Cl4IN7O14Sn. The molecule has 27 heteroatoms. The fourth-order valence-electron chi connectivity index (χ4n) is 9.92. The Balaban J connectivity index is 1.25. The molecule has 2 aliphatic rings. The van der Waals surface area contributed by atoms with Crippen molar-refractivity contribution in [1.29, 1.82) is 0 Å². The first-order valence-corrected chi connectivity index (χ1v) is 40.0. The molecular weight excluding hydrogens is 1450 g/mol. The van der Waals surface area contributed by atoms with Gasteiger partial charge in [-0.2, -0.15) is 0 Å². The number of hydrogen-bond acceptors (Lipinski definition) is 14. The van der Waals surface area contributed by atoms with E-state index >= 15 is 19.2 Å². The van der Waals surface area contributed by atoms with Crippen LogP contribution in [-0.2, 0) is 51.1 Å². The number of methoxy groups -OCH3 is 1. The Morgan fingerprint density at radius 2 is 1.38 bits per heavy atom. The van der Waals surface area contributed by atoms with Crippen LogP contribution in [0.2, 0.25) is 34.9 Å². The minimum absolute atomic E-state index is 0.0895. The smallest absolute Gasteiger partial charge is 0.250 e. The Labute approximate surface area is 549 Å². The molecule has 0 saturated carbocycles. The van der Waals surface area contributed by atoms with E-state index in [1.54, 1.807) is 61.7 Å². The predicted molar refractivity (Wildman–Crippen MR) is 346 cm³/mol. The van der Waals surface area contributed by atoms with Crippen LogP contribution in [0.15, 0.2) is 109 Å². The monoisotopic (exact) mass is 1520 g/mol. The first-order valence-electron chi connectivity index (χ1n) is 27.4. The minimum atomic E-state index is -2.77. The molecule has 2 aliphatic heterocycles. The SMILES string of the molecule is COC(=O)[C@H](NC(=O)[C@@H]1Cc2ccc(cc2)Oc2cc(cc(I)c2O)[C@@H](NC(=O)[C@H](NC(=O)[C@@H](Cc2c[nH]c3[c]([Sn]([CH3])([CH3])[CH3])cccc23)NC(=O)OC(C)(C)C)c2cc(Cl)c(O)c(Cl)c2)C(=O)N[C@H](c2cc(Cl)c(O)c(Cl)c2)C(=O)N1C)c1ccc(O)cc1. The number of carbonyl (C=O) groups excluding carboxylic acids is 7. The molecule has 7 aromatic rings. The van der Waals surface area contributed by atoms with E-state index < -0.39 is 119 Å². The number of hydrogen-bond donors (Lipinski definition) is 10. The van der Waals surface area contributed by atoms with Crippen LogP contribution in [0.5, 0.6) is 34.5 Å². The maximum absolute atomic E-state index is 15.6. The van der Waals surface area contributed by atoms with Crippen molar-refractivity contribution >= 4 is 143 Å². The molecule has 6 atom stereocenters. The van der Waals surface area contributed by atoms with Gasteiger partial charge in [0.15, 0.2) is 29.0 Å². The fraction of sp³-hybridized carbons (Fsp3) is 0.274. The number of likely N-dealkylation sites (N-methyl/N-ethyl adjacent to an activating group) is 1. The second-order valence-electron chi connectivity index (χ2n) is 23.0. The number of para-hydroxylation sites is 1. The van der Waals surface area contributed by atoms with Crippen molar-refractivity contribution in [1.82, 2.24) is 36.5 Å². The summed E-state index contributed by atoms with van der Waals surface area (Å²) in [4.78, 5) is 115. The Morgan fingerprint density at radius 3 is 1.98 bits per heavy atom. The molecule has 0 spiro atoms. The standard InChI is InChI=1S/C59H53Cl4IN7O14.3CH3.Sn/c1-59(2,3)85-58(82)66-42(24-32-26-65-41-9-7-6-8-35(32)41)52(76)67-45(29-19-36(60)49(73)37(61)20-29)54(78)68-46-31-23-40(64)51(75)44(25-31)84-34-16-10-27(11-17-34)18-43(53(77)70-48(57(81)83-5)28-12-14-33(72)15-13-28)71(4)56(80)47(69-55(46)79)30-21-38(62)50(74)39(63)22-30;;;;/h6-8,10-17,19-23,25-26,42-43,45-48,65,72-75H,18,24H2,1-5H3,(H,66,82)(H,67,76)(H,68,78)(H,69,79)(H,70,77);3*1H3;/t42-,43+,45-,46-,47-,48-;;;;/m1..../s1. The van der Waals surface area contributed by atoms with Crippen molar-refractivity contribution < 1.29 is 68.2 Å². The van der Waals surface area contributed by atoms with Crippen molar-refractivity contribution in [3.05, 3.63) is 166 Å². The van der Waals surface area contributed by atoms with Gasteiger partial charge in [0.05, 0.1) is 20.7 Å². The normalized spacial score (nSPS) is 16.5.